The second-order valence-electron chi connectivity index (χ2n) is 7.17. The molecule has 0 saturated heterocycles. The van der Waals surface area contributed by atoms with Crippen LogP contribution in [0.25, 0.3) is 11.4 Å². The minimum absolute atomic E-state index is 0.271. The SMILES string of the molecule is Cc1ccc(-c2noc(CCCSc3nnc(C4CCCCC4)o3)n2)cc1F. The summed E-state index contributed by atoms with van der Waals surface area (Å²) >= 11 is 1.55. The highest BCUT2D eigenvalue weighted by molar-refractivity contribution is 7.99. The summed E-state index contributed by atoms with van der Waals surface area (Å²) in [5.41, 5.74) is 1.21. The van der Waals surface area contributed by atoms with Gasteiger partial charge in [-0.2, -0.15) is 4.98 Å². The van der Waals surface area contributed by atoms with Gasteiger partial charge in [0.25, 0.3) is 5.22 Å². The first-order valence-corrected chi connectivity index (χ1v) is 10.7. The van der Waals surface area contributed by atoms with Gasteiger partial charge in [-0.05, 0) is 37.8 Å². The first-order chi connectivity index (χ1) is 13.7. The van der Waals surface area contributed by atoms with Crippen LogP contribution in [0.2, 0.25) is 0 Å². The summed E-state index contributed by atoms with van der Waals surface area (Å²) in [6.45, 7) is 1.72. The summed E-state index contributed by atoms with van der Waals surface area (Å²) in [4.78, 5) is 4.36. The summed E-state index contributed by atoms with van der Waals surface area (Å²) in [5, 5.41) is 12.9. The lowest BCUT2D eigenvalue weighted by atomic mass is 9.89. The monoisotopic (exact) mass is 402 g/mol. The van der Waals surface area contributed by atoms with Gasteiger partial charge in [-0.3, -0.25) is 0 Å². The highest BCUT2D eigenvalue weighted by Gasteiger charge is 2.21. The van der Waals surface area contributed by atoms with Crippen molar-refractivity contribution >= 4 is 11.8 Å². The molecule has 1 saturated carbocycles. The molecule has 1 aliphatic carbocycles. The molecule has 28 heavy (non-hydrogen) atoms. The molecule has 1 fully saturated rings. The van der Waals surface area contributed by atoms with Crippen LogP contribution < -0.4 is 0 Å². The summed E-state index contributed by atoms with van der Waals surface area (Å²) in [6, 6.07) is 4.94. The minimum Gasteiger partial charge on any atom is -0.416 e. The summed E-state index contributed by atoms with van der Waals surface area (Å²) in [6.07, 6.45) is 7.59. The van der Waals surface area contributed by atoms with Crippen molar-refractivity contribution in [2.24, 2.45) is 0 Å². The fourth-order valence-electron chi connectivity index (χ4n) is 3.38. The van der Waals surface area contributed by atoms with Crippen molar-refractivity contribution in [3.63, 3.8) is 0 Å². The van der Waals surface area contributed by atoms with Gasteiger partial charge in [0, 0.05) is 23.7 Å². The van der Waals surface area contributed by atoms with E-state index in [1.54, 1.807) is 30.8 Å². The number of hydrogen-bond donors (Lipinski definition) is 0. The normalized spacial score (nSPS) is 15.2. The molecule has 0 N–H and O–H groups in total. The molecule has 0 aliphatic heterocycles. The predicted octanol–water partition coefficient (Wildman–Crippen LogP) is 5.34. The Labute approximate surface area is 167 Å². The van der Waals surface area contributed by atoms with E-state index in [2.05, 4.69) is 20.3 Å². The van der Waals surface area contributed by atoms with Crippen LogP contribution in [0.1, 0.15) is 61.8 Å². The van der Waals surface area contributed by atoms with Crippen LogP contribution in [0.15, 0.2) is 32.4 Å². The molecule has 2 aromatic heterocycles. The zero-order valence-corrected chi connectivity index (χ0v) is 16.7. The zero-order valence-electron chi connectivity index (χ0n) is 15.9. The molecule has 8 heteroatoms. The maximum absolute atomic E-state index is 13.7. The lowest BCUT2D eigenvalue weighted by Crippen LogP contribution is -2.04. The Morgan fingerprint density at radius 1 is 1.18 bits per heavy atom. The summed E-state index contributed by atoms with van der Waals surface area (Å²) in [5.74, 6) is 2.73. The topological polar surface area (TPSA) is 77.8 Å². The molecule has 1 aliphatic rings. The number of thioether (sulfide) groups is 1. The third-order valence-corrected chi connectivity index (χ3v) is 5.94. The Morgan fingerprint density at radius 2 is 2.04 bits per heavy atom. The van der Waals surface area contributed by atoms with Crippen molar-refractivity contribution in [2.45, 2.75) is 63.0 Å². The van der Waals surface area contributed by atoms with Gasteiger partial charge in [0.15, 0.2) is 0 Å². The number of hydrogen-bond acceptors (Lipinski definition) is 7. The van der Waals surface area contributed by atoms with Gasteiger partial charge in [0.05, 0.1) is 0 Å². The third-order valence-electron chi connectivity index (χ3n) is 5.04. The molecule has 0 atom stereocenters. The maximum atomic E-state index is 13.7. The second-order valence-corrected chi connectivity index (χ2v) is 8.22. The Hall–Kier alpha value is -2.22. The van der Waals surface area contributed by atoms with E-state index in [1.165, 1.54) is 25.3 Å². The van der Waals surface area contributed by atoms with Crippen molar-refractivity contribution in [2.75, 3.05) is 5.75 Å². The Kier molecular flexibility index (Phi) is 6.04. The van der Waals surface area contributed by atoms with Gasteiger partial charge < -0.3 is 8.94 Å². The largest absolute Gasteiger partial charge is 0.416 e. The lowest BCUT2D eigenvalue weighted by Gasteiger charge is -2.17. The second kappa shape index (κ2) is 8.86. The number of aryl methyl sites for hydroxylation is 2. The van der Waals surface area contributed by atoms with Crippen LogP contribution in [-0.4, -0.2) is 26.1 Å². The first-order valence-electron chi connectivity index (χ1n) is 9.74. The average Bonchev–Trinajstić information content (AvgIpc) is 3.38. The minimum atomic E-state index is -0.271. The Morgan fingerprint density at radius 3 is 2.86 bits per heavy atom. The van der Waals surface area contributed by atoms with Crippen molar-refractivity contribution in [3.8, 4) is 11.4 Å². The molecule has 0 radical (unpaired) electrons. The van der Waals surface area contributed by atoms with Crippen LogP contribution in [-0.2, 0) is 6.42 Å². The van der Waals surface area contributed by atoms with E-state index >= 15 is 0 Å². The standard InChI is InChI=1S/C20H23FN4O2S/c1-13-9-10-15(12-16(13)21)18-22-17(27-25-18)8-5-11-28-20-24-23-19(26-20)14-6-3-2-4-7-14/h9-10,12,14H,2-8,11H2,1H3. The fourth-order valence-corrected chi connectivity index (χ4v) is 4.09. The van der Waals surface area contributed by atoms with Crippen molar-refractivity contribution in [1.82, 2.24) is 20.3 Å². The molecule has 1 aromatic carbocycles. The molecule has 148 valence electrons. The van der Waals surface area contributed by atoms with Crippen molar-refractivity contribution < 1.29 is 13.3 Å². The summed E-state index contributed by atoms with van der Waals surface area (Å²) < 4.78 is 24.8. The molecule has 0 unspecified atom stereocenters. The van der Waals surface area contributed by atoms with Crippen LogP contribution in [0.4, 0.5) is 4.39 Å². The molecular weight excluding hydrogens is 379 g/mol. The molecule has 2 heterocycles. The molecule has 0 bridgehead atoms. The van der Waals surface area contributed by atoms with Gasteiger partial charge in [-0.25, -0.2) is 4.39 Å². The first kappa shape index (κ1) is 19.1. The number of nitrogens with zero attached hydrogens (tertiary/aromatic N) is 4. The highest BCUT2D eigenvalue weighted by atomic mass is 32.2. The highest BCUT2D eigenvalue weighted by Crippen LogP contribution is 2.33. The van der Waals surface area contributed by atoms with Gasteiger partial charge in [0.1, 0.15) is 5.82 Å². The Balaban J connectivity index is 1.25. The van der Waals surface area contributed by atoms with Crippen LogP contribution >= 0.6 is 11.8 Å². The third kappa shape index (κ3) is 4.60. The Bertz CT molecular complexity index is 921. The number of rotatable bonds is 7. The van der Waals surface area contributed by atoms with Crippen LogP contribution in [0.3, 0.4) is 0 Å². The van der Waals surface area contributed by atoms with Crippen molar-refractivity contribution in [3.05, 3.63) is 41.4 Å². The predicted molar refractivity (Wildman–Crippen MR) is 104 cm³/mol. The van der Waals surface area contributed by atoms with E-state index < -0.39 is 0 Å². The van der Waals surface area contributed by atoms with Crippen LogP contribution in [0.5, 0.6) is 0 Å². The smallest absolute Gasteiger partial charge is 0.276 e. The molecule has 0 amide bonds. The molecular formula is C20H23FN4O2S. The van der Waals surface area contributed by atoms with E-state index in [9.17, 15) is 4.39 Å². The summed E-state index contributed by atoms with van der Waals surface area (Å²) in [7, 11) is 0. The van der Waals surface area contributed by atoms with Gasteiger partial charge in [-0.15, -0.1) is 10.2 Å². The molecule has 6 nitrogen and oxygen atoms in total. The number of benzene rings is 1. The van der Waals surface area contributed by atoms with E-state index in [-0.39, 0.29) is 5.82 Å². The average molecular weight is 402 g/mol. The quantitative estimate of drug-likeness (QED) is 0.390. The molecule has 4 rings (SSSR count). The maximum Gasteiger partial charge on any atom is 0.276 e. The van der Waals surface area contributed by atoms with E-state index in [0.717, 1.165) is 30.9 Å². The number of aromatic nitrogens is 4. The zero-order chi connectivity index (χ0) is 19.3. The van der Waals surface area contributed by atoms with Crippen molar-refractivity contribution in [1.29, 1.82) is 0 Å². The van der Waals surface area contributed by atoms with Gasteiger partial charge in [0.2, 0.25) is 17.6 Å². The fraction of sp³-hybridized carbons (Fsp3) is 0.500. The van der Waals surface area contributed by atoms with E-state index in [4.69, 9.17) is 8.94 Å². The van der Waals surface area contributed by atoms with Crippen LogP contribution in [0, 0.1) is 12.7 Å². The van der Waals surface area contributed by atoms with Gasteiger partial charge >= 0.3 is 0 Å². The molecule has 3 aromatic rings. The number of halogens is 1. The van der Waals surface area contributed by atoms with E-state index in [1.807, 2.05) is 0 Å². The van der Waals surface area contributed by atoms with Gasteiger partial charge in [-0.1, -0.05) is 48.3 Å². The molecule has 0 spiro atoms. The van der Waals surface area contributed by atoms with E-state index in [0.29, 0.717) is 40.4 Å². The lowest BCUT2D eigenvalue weighted by molar-refractivity contribution is 0.334.